The smallest absolute Gasteiger partial charge is 0.0560 e. The van der Waals surface area contributed by atoms with E-state index in [1.54, 1.807) is 0 Å². The molecule has 2 N–H and O–H groups in total. The van der Waals surface area contributed by atoms with E-state index >= 15 is 0 Å². The van der Waals surface area contributed by atoms with E-state index in [1.807, 2.05) is 18.3 Å². The van der Waals surface area contributed by atoms with Crippen LogP contribution in [-0.4, -0.2) is 18.6 Å². The first-order valence-electron chi connectivity index (χ1n) is 4.99. The summed E-state index contributed by atoms with van der Waals surface area (Å²) in [6.07, 6.45) is 1.81. The predicted octanol–water partition coefficient (Wildman–Crippen LogP) is 1.63. The van der Waals surface area contributed by atoms with Crippen molar-refractivity contribution in [3.63, 3.8) is 0 Å². The van der Waals surface area contributed by atoms with Crippen molar-refractivity contribution in [2.45, 2.75) is 20.4 Å². The average Bonchev–Trinajstić information content (AvgIpc) is 2.17. The Morgan fingerprint density at radius 2 is 2.21 bits per heavy atom. The molecule has 1 rings (SSSR count). The maximum Gasteiger partial charge on any atom is 0.0560 e. The summed E-state index contributed by atoms with van der Waals surface area (Å²) in [4.78, 5) is 6.40. The highest BCUT2D eigenvalue weighted by atomic mass is 15.1. The van der Waals surface area contributed by atoms with Gasteiger partial charge in [-0.1, -0.05) is 13.8 Å². The van der Waals surface area contributed by atoms with Crippen LogP contribution in [0.4, 0.5) is 5.69 Å². The zero-order valence-electron chi connectivity index (χ0n) is 9.20. The summed E-state index contributed by atoms with van der Waals surface area (Å²) in [7, 11) is 2.09. The van der Waals surface area contributed by atoms with Gasteiger partial charge in [-0.15, -0.1) is 0 Å². The Morgan fingerprint density at radius 1 is 1.50 bits per heavy atom. The molecule has 0 saturated carbocycles. The van der Waals surface area contributed by atoms with Gasteiger partial charge in [0, 0.05) is 32.0 Å². The highest BCUT2D eigenvalue weighted by molar-refractivity contribution is 5.45. The molecule has 0 amide bonds. The van der Waals surface area contributed by atoms with E-state index in [4.69, 9.17) is 5.73 Å². The Hall–Kier alpha value is -1.09. The summed E-state index contributed by atoms with van der Waals surface area (Å²) < 4.78 is 0. The molecule has 0 unspecified atom stereocenters. The van der Waals surface area contributed by atoms with E-state index in [0.29, 0.717) is 12.5 Å². The molecule has 0 aliphatic carbocycles. The standard InChI is InChI=1S/C11H19N3/c1-9(2)8-14(3)11-4-5-13-10(6-11)7-12/h4-6,9H,7-8,12H2,1-3H3. The molecule has 1 aromatic rings. The SMILES string of the molecule is CC(C)CN(C)c1ccnc(CN)c1. The first-order valence-corrected chi connectivity index (χ1v) is 4.99. The third-order valence-corrected chi connectivity index (χ3v) is 2.09. The molecule has 1 heterocycles. The summed E-state index contributed by atoms with van der Waals surface area (Å²) >= 11 is 0. The summed E-state index contributed by atoms with van der Waals surface area (Å²) in [5.74, 6) is 0.662. The summed E-state index contributed by atoms with van der Waals surface area (Å²) in [6.45, 7) is 5.97. The van der Waals surface area contributed by atoms with E-state index in [0.717, 1.165) is 12.2 Å². The molecule has 0 aliphatic rings. The minimum atomic E-state index is 0.503. The molecule has 0 atom stereocenters. The number of pyridine rings is 1. The number of rotatable bonds is 4. The number of aromatic nitrogens is 1. The first-order chi connectivity index (χ1) is 6.63. The van der Waals surface area contributed by atoms with Gasteiger partial charge in [-0.25, -0.2) is 0 Å². The molecule has 0 aliphatic heterocycles. The van der Waals surface area contributed by atoms with Crippen molar-refractivity contribution < 1.29 is 0 Å². The van der Waals surface area contributed by atoms with Crippen molar-refractivity contribution in [2.24, 2.45) is 11.7 Å². The summed E-state index contributed by atoms with van der Waals surface area (Å²) in [5, 5.41) is 0. The number of hydrogen-bond donors (Lipinski definition) is 1. The van der Waals surface area contributed by atoms with Gasteiger partial charge in [0.25, 0.3) is 0 Å². The third kappa shape index (κ3) is 3.00. The minimum absolute atomic E-state index is 0.503. The van der Waals surface area contributed by atoms with Crippen molar-refractivity contribution in [1.29, 1.82) is 0 Å². The topological polar surface area (TPSA) is 42.2 Å². The predicted molar refractivity (Wildman–Crippen MR) is 60.2 cm³/mol. The molecule has 3 nitrogen and oxygen atoms in total. The molecule has 0 bridgehead atoms. The van der Waals surface area contributed by atoms with Crippen LogP contribution >= 0.6 is 0 Å². The average molecular weight is 193 g/mol. The van der Waals surface area contributed by atoms with Gasteiger partial charge >= 0.3 is 0 Å². The monoisotopic (exact) mass is 193 g/mol. The number of nitrogens with zero attached hydrogens (tertiary/aromatic N) is 2. The van der Waals surface area contributed by atoms with Crippen LogP contribution in [-0.2, 0) is 6.54 Å². The molecular formula is C11H19N3. The van der Waals surface area contributed by atoms with Gasteiger partial charge in [-0.3, -0.25) is 4.98 Å². The van der Waals surface area contributed by atoms with Crippen molar-refractivity contribution in [3.05, 3.63) is 24.0 Å². The Bertz CT molecular complexity index is 284. The van der Waals surface area contributed by atoms with Gasteiger partial charge < -0.3 is 10.6 Å². The Labute approximate surface area is 85.9 Å². The van der Waals surface area contributed by atoms with Crippen LogP contribution in [0.1, 0.15) is 19.5 Å². The van der Waals surface area contributed by atoms with Crippen molar-refractivity contribution in [3.8, 4) is 0 Å². The molecular weight excluding hydrogens is 174 g/mol. The molecule has 78 valence electrons. The van der Waals surface area contributed by atoms with E-state index in [1.165, 1.54) is 5.69 Å². The lowest BCUT2D eigenvalue weighted by Crippen LogP contribution is -2.22. The highest BCUT2D eigenvalue weighted by Crippen LogP contribution is 2.13. The maximum atomic E-state index is 5.54. The first kappa shape index (κ1) is 11.0. The molecule has 14 heavy (non-hydrogen) atoms. The minimum Gasteiger partial charge on any atom is -0.374 e. The van der Waals surface area contributed by atoms with Gasteiger partial charge in [0.2, 0.25) is 0 Å². The lowest BCUT2D eigenvalue weighted by molar-refractivity contribution is 0.638. The molecule has 0 saturated heterocycles. The zero-order valence-corrected chi connectivity index (χ0v) is 9.20. The van der Waals surface area contributed by atoms with Crippen molar-refractivity contribution in [2.75, 3.05) is 18.5 Å². The van der Waals surface area contributed by atoms with E-state index in [9.17, 15) is 0 Å². The van der Waals surface area contributed by atoms with Crippen LogP contribution in [0.15, 0.2) is 18.3 Å². The second kappa shape index (κ2) is 4.96. The summed E-state index contributed by atoms with van der Waals surface area (Å²) in [6, 6.07) is 4.06. The van der Waals surface area contributed by atoms with Crippen LogP contribution in [0.25, 0.3) is 0 Å². The molecule has 0 fully saturated rings. The normalized spacial score (nSPS) is 10.6. The van der Waals surface area contributed by atoms with Gasteiger partial charge in [0.1, 0.15) is 0 Å². The van der Waals surface area contributed by atoms with Crippen LogP contribution < -0.4 is 10.6 Å². The fourth-order valence-corrected chi connectivity index (χ4v) is 1.47. The van der Waals surface area contributed by atoms with Crippen molar-refractivity contribution >= 4 is 5.69 Å². The Kier molecular flexibility index (Phi) is 3.89. The number of anilines is 1. The van der Waals surface area contributed by atoms with E-state index < -0.39 is 0 Å². The van der Waals surface area contributed by atoms with Crippen LogP contribution in [0, 0.1) is 5.92 Å². The second-order valence-electron chi connectivity index (χ2n) is 3.98. The zero-order chi connectivity index (χ0) is 10.6. The second-order valence-corrected chi connectivity index (χ2v) is 3.98. The highest BCUT2D eigenvalue weighted by Gasteiger charge is 2.03. The summed E-state index contributed by atoms with van der Waals surface area (Å²) in [5.41, 5.74) is 7.67. The molecule has 0 spiro atoms. The van der Waals surface area contributed by atoms with Gasteiger partial charge in [0.15, 0.2) is 0 Å². The van der Waals surface area contributed by atoms with E-state index in [-0.39, 0.29) is 0 Å². The van der Waals surface area contributed by atoms with E-state index in [2.05, 4.69) is 30.8 Å². The van der Waals surface area contributed by atoms with Crippen LogP contribution in [0.3, 0.4) is 0 Å². The van der Waals surface area contributed by atoms with Gasteiger partial charge in [-0.05, 0) is 18.1 Å². The van der Waals surface area contributed by atoms with Gasteiger partial charge in [0.05, 0.1) is 5.69 Å². The third-order valence-electron chi connectivity index (χ3n) is 2.09. The molecule has 1 aromatic heterocycles. The largest absolute Gasteiger partial charge is 0.374 e. The van der Waals surface area contributed by atoms with Gasteiger partial charge in [-0.2, -0.15) is 0 Å². The lowest BCUT2D eigenvalue weighted by atomic mass is 10.2. The fraction of sp³-hybridized carbons (Fsp3) is 0.545. The quantitative estimate of drug-likeness (QED) is 0.790. The molecule has 3 heteroatoms. The lowest BCUT2D eigenvalue weighted by Gasteiger charge is -2.21. The number of hydrogen-bond acceptors (Lipinski definition) is 3. The molecule has 0 aromatic carbocycles. The maximum absolute atomic E-state index is 5.54. The Morgan fingerprint density at radius 3 is 2.79 bits per heavy atom. The van der Waals surface area contributed by atoms with Crippen molar-refractivity contribution in [1.82, 2.24) is 4.98 Å². The molecule has 0 radical (unpaired) electrons. The Balaban J connectivity index is 2.73. The number of nitrogens with two attached hydrogens (primary N) is 1. The van der Waals surface area contributed by atoms with Crippen LogP contribution in [0.2, 0.25) is 0 Å². The van der Waals surface area contributed by atoms with Crippen LogP contribution in [0.5, 0.6) is 0 Å². The fourth-order valence-electron chi connectivity index (χ4n) is 1.47.